The highest BCUT2D eigenvalue weighted by molar-refractivity contribution is 6.34. The molecule has 2 aromatic heterocycles. The first-order valence-corrected chi connectivity index (χ1v) is 16.4. The number of pyridine rings is 1. The SMILES string of the molecule is CNc1nc(F)c(-c2ccc(C(=O)Nc3ccc(C(=O)N4CCN(C(=O)C5CCN(C(=O)OC(C)(C)C)CC5)CC4)c(Cl)c3)n2C)cc1F. The maximum atomic E-state index is 14.6. The largest absolute Gasteiger partial charge is 0.444 e. The van der Waals surface area contributed by atoms with E-state index < -0.39 is 23.3 Å². The number of anilines is 2. The van der Waals surface area contributed by atoms with E-state index >= 15 is 0 Å². The fraction of sp³-hybridized carbons (Fsp3) is 0.441. The Morgan fingerprint density at radius 3 is 2.18 bits per heavy atom. The van der Waals surface area contributed by atoms with Crippen LogP contribution in [0.5, 0.6) is 0 Å². The standard InChI is InChI=1S/C34H40ClF2N7O5/c1-34(2,3)49-33(48)44-12-10-20(11-13-44)31(46)42-14-16-43(17-15-42)32(47)22-7-6-21(18-24(22)35)39-30(45)27-9-8-26(41(27)5)23-19-25(36)29(38-4)40-28(23)37/h6-9,18-20H,10-17H2,1-5H3,(H,38,40)(H,39,45). The molecule has 1 aromatic carbocycles. The van der Waals surface area contributed by atoms with E-state index in [-0.39, 0.29) is 57.2 Å². The topological polar surface area (TPSA) is 129 Å². The van der Waals surface area contributed by atoms with Crippen LogP contribution in [0.3, 0.4) is 0 Å². The first-order valence-electron chi connectivity index (χ1n) is 16.0. The van der Waals surface area contributed by atoms with Gasteiger partial charge in [0.1, 0.15) is 11.3 Å². The molecule has 4 heterocycles. The normalized spacial score (nSPS) is 15.6. The molecule has 0 spiro atoms. The lowest BCUT2D eigenvalue weighted by Gasteiger charge is -2.38. The third kappa shape index (κ3) is 7.96. The summed E-state index contributed by atoms with van der Waals surface area (Å²) >= 11 is 6.50. The maximum absolute atomic E-state index is 14.6. The van der Waals surface area contributed by atoms with E-state index in [1.165, 1.54) is 35.9 Å². The van der Waals surface area contributed by atoms with Gasteiger partial charge in [0, 0.05) is 65.0 Å². The van der Waals surface area contributed by atoms with E-state index in [4.69, 9.17) is 16.3 Å². The molecule has 49 heavy (non-hydrogen) atoms. The van der Waals surface area contributed by atoms with Crippen LogP contribution in [0.1, 0.15) is 54.5 Å². The molecule has 0 unspecified atom stereocenters. The van der Waals surface area contributed by atoms with Gasteiger partial charge in [0.05, 0.1) is 21.8 Å². The Morgan fingerprint density at radius 2 is 1.57 bits per heavy atom. The zero-order chi connectivity index (χ0) is 35.6. The van der Waals surface area contributed by atoms with Gasteiger partial charge >= 0.3 is 6.09 Å². The van der Waals surface area contributed by atoms with Crippen LogP contribution < -0.4 is 10.6 Å². The molecule has 0 aliphatic carbocycles. The third-order valence-corrected chi connectivity index (χ3v) is 8.94. The quantitative estimate of drug-likeness (QED) is 0.337. The molecule has 2 aliphatic rings. The van der Waals surface area contributed by atoms with Crippen LogP contribution in [-0.4, -0.2) is 100.0 Å². The summed E-state index contributed by atoms with van der Waals surface area (Å²) < 4.78 is 35.8. The van der Waals surface area contributed by atoms with Crippen LogP contribution in [0.25, 0.3) is 11.3 Å². The maximum Gasteiger partial charge on any atom is 0.410 e. The van der Waals surface area contributed by atoms with Crippen molar-refractivity contribution in [2.24, 2.45) is 13.0 Å². The first-order chi connectivity index (χ1) is 23.2. The Hall–Kier alpha value is -4.72. The number of piperazine rings is 1. The van der Waals surface area contributed by atoms with Gasteiger partial charge in [-0.2, -0.15) is 9.37 Å². The highest BCUT2D eigenvalue weighted by Gasteiger charge is 2.34. The first kappa shape index (κ1) is 35.6. The van der Waals surface area contributed by atoms with Gasteiger partial charge in [-0.05, 0) is 70.0 Å². The van der Waals surface area contributed by atoms with Gasteiger partial charge in [-0.1, -0.05) is 11.6 Å². The van der Waals surface area contributed by atoms with Crippen molar-refractivity contribution < 1.29 is 32.7 Å². The highest BCUT2D eigenvalue weighted by atomic mass is 35.5. The van der Waals surface area contributed by atoms with Gasteiger partial charge in [0.25, 0.3) is 11.8 Å². The van der Waals surface area contributed by atoms with Crippen LogP contribution in [-0.2, 0) is 16.6 Å². The summed E-state index contributed by atoms with van der Waals surface area (Å²) in [6.07, 6.45) is 0.745. The Labute approximate surface area is 288 Å². The predicted molar refractivity (Wildman–Crippen MR) is 181 cm³/mol. The highest BCUT2D eigenvalue weighted by Crippen LogP contribution is 2.29. The van der Waals surface area contributed by atoms with Gasteiger partial charge in [0.15, 0.2) is 11.6 Å². The number of aromatic nitrogens is 2. The number of hydrogen-bond donors (Lipinski definition) is 2. The minimum atomic E-state index is -0.892. The zero-order valence-corrected chi connectivity index (χ0v) is 28.9. The number of halogens is 3. The monoisotopic (exact) mass is 699 g/mol. The van der Waals surface area contributed by atoms with Crippen molar-refractivity contribution in [3.8, 4) is 11.3 Å². The molecule has 262 valence electrons. The van der Waals surface area contributed by atoms with Crippen molar-refractivity contribution in [3.63, 3.8) is 0 Å². The van der Waals surface area contributed by atoms with Crippen molar-refractivity contribution in [2.45, 2.75) is 39.2 Å². The molecule has 2 N–H and O–H groups in total. The minimum Gasteiger partial charge on any atom is -0.444 e. The summed E-state index contributed by atoms with van der Waals surface area (Å²) in [5, 5.41) is 5.35. The molecule has 15 heteroatoms. The second kappa shape index (κ2) is 14.4. The smallest absolute Gasteiger partial charge is 0.410 e. The van der Waals surface area contributed by atoms with Gasteiger partial charge in [-0.3, -0.25) is 14.4 Å². The Kier molecular flexibility index (Phi) is 10.5. The minimum absolute atomic E-state index is 0.0278. The van der Waals surface area contributed by atoms with Crippen LogP contribution in [0.4, 0.5) is 25.1 Å². The number of carbonyl (C=O) groups excluding carboxylic acids is 4. The van der Waals surface area contributed by atoms with E-state index in [0.29, 0.717) is 57.8 Å². The summed E-state index contributed by atoms with van der Waals surface area (Å²) in [5.74, 6) is -2.83. The number of piperidine rings is 1. The Balaban J connectivity index is 1.15. The van der Waals surface area contributed by atoms with Crippen molar-refractivity contribution in [2.75, 3.05) is 56.9 Å². The Bertz CT molecular complexity index is 1760. The average molecular weight is 700 g/mol. The third-order valence-electron chi connectivity index (χ3n) is 8.63. The number of rotatable bonds is 6. The van der Waals surface area contributed by atoms with Gasteiger partial charge in [-0.25, -0.2) is 9.18 Å². The van der Waals surface area contributed by atoms with Gasteiger partial charge in [0.2, 0.25) is 11.9 Å². The van der Waals surface area contributed by atoms with E-state index in [2.05, 4.69) is 15.6 Å². The van der Waals surface area contributed by atoms with E-state index in [9.17, 15) is 28.0 Å². The summed E-state index contributed by atoms with van der Waals surface area (Å²) in [6, 6.07) is 8.53. The van der Waals surface area contributed by atoms with Crippen molar-refractivity contribution in [1.82, 2.24) is 24.3 Å². The van der Waals surface area contributed by atoms with Crippen molar-refractivity contribution in [1.29, 1.82) is 0 Å². The summed E-state index contributed by atoms with van der Waals surface area (Å²) in [5.41, 5.74) is 0.328. The number of carbonyl (C=O) groups is 4. The fourth-order valence-corrected chi connectivity index (χ4v) is 6.25. The molecular weight excluding hydrogens is 660 g/mol. The molecule has 5 rings (SSSR count). The molecule has 0 atom stereocenters. The summed E-state index contributed by atoms with van der Waals surface area (Å²) in [7, 11) is 2.98. The lowest BCUT2D eigenvalue weighted by atomic mass is 9.95. The van der Waals surface area contributed by atoms with Crippen LogP contribution in [0, 0.1) is 17.7 Å². The van der Waals surface area contributed by atoms with E-state index in [1.807, 2.05) is 20.8 Å². The van der Waals surface area contributed by atoms with E-state index in [0.717, 1.165) is 6.07 Å². The molecule has 0 saturated carbocycles. The van der Waals surface area contributed by atoms with Crippen molar-refractivity contribution >= 4 is 46.9 Å². The molecule has 0 bridgehead atoms. The molecular formula is C34H40ClF2N7O5. The number of likely N-dealkylation sites (tertiary alicyclic amines) is 1. The predicted octanol–water partition coefficient (Wildman–Crippen LogP) is 5.24. The molecule has 12 nitrogen and oxygen atoms in total. The van der Waals surface area contributed by atoms with Crippen molar-refractivity contribution in [3.05, 3.63) is 64.4 Å². The van der Waals surface area contributed by atoms with Crippen LogP contribution >= 0.6 is 11.6 Å². The van der Waals surface area contributed by atoms with Crippen LogP contribution in [0.2, 0.25) is 5.02 Å². The Morgan fingerprint density at radius 1 is 0.918 bits per heavy atom. The summed E-state index contributed by atoms with van der Waals surface area (Å²) in [6.45, 7) is 7.80. The second-order valence-corrected chi connectivity index (χ2v) is 13.5. The lowest BCUT2D eigenvalue weighted by Crippen LogP contribution is -2.53. The lowest BCUT2D eigenvalue weighted by molar-refractivity contribution is -0.138. The second-order valence-electron chi connectivity index (χ2n) is 13.1. The van der Waals surface area contributed by atoms with Gasteiger partial charge in [-0.15, -0.1) is 0 Å². The number of ether oxygens (including phenoxy) is 1. The summed E-state index contributed by atoms with van der Waals surface area (Å²) in [4.78, 5) is 60.7. The molecule has 4 amide bonds. The molecule has 2 fully saturated rings. The molecule has 2 saturated heterocycles. The average Bonchev–Trinajstić information content (AvgIpc) is 3.45. The number of nitrogens with one attached hydrogen (secondary N) is 2. The van der Waals surface area contributed by atoms with E-state index in [1.54, 1.807) is 27.8 Å². The number of nitrogens with zero attached hydrogens (tertiary/aromatic N) is 5. The number of amides is 4. The van der Waals surface area contributed by atoms with Crippen LogP contribution in [0.15, 0.2) is 36.4 Å². The van der Waals surface area contributed by atoms with Gasteiger partial charge < -0.3 is 34.6 Å². The molecule has 0 radical (unpaired) electrons. The number of hydrogen-bond acceptors (Lipinski definition) is 7. The molecule has 2 aliphatic heterocycles. The zero-order valence-electron chi connectivity index (χ0n) is 28.1. The number of benzene rings is 1. The molecule has 3 aromatic rings. The fourth-order valence-electron chi connectivity index (χ4n) is 5.99.